The first-order valence-corrected chi connectivity index (χ1v) is 7.65. The van der Waals surface area contributed by atoms with Gasteiger partial charge in [-0.05, 0) is 43.0 Å². The molecular weight excluding hydrogens is 296 g/mol. The second-order valence-corrected chi connectivity index (χ2v) is 5.67. The van der Waals surface area contributed by atoms with Gasteiger partial charge in [-0.3, -0.25) is 4.79 Å². The number of hydrogen-bond acceptors (Lipinski definition) is 5. The minimum atomic E-state index is -0.590. The second-order valence-electron chi connectivity index (χ2n) is 5.67. The Morgan fingerprint density at radius 2 is 2.04 bits per heavy atom. The van der Waals surface area contributed by atoms with E-state index in [-0.39, 0.29) is 19.1 Å². The maximum absolute atomic E-state index is 12.0. The fourth-order valence-corrected chi connectivity index (χ4v) is 2.46. The van der Waals surface area contributed by atoms with Crippen LogP contribution in [-0.4, -0.2) is 43.1 Å². The number of likely N-dealkylation sites (tertiary alicyclic amines) is 1. The van der Waals surface area contributed by atoms with Gasteiger partial charge in [0.15, 0.2) is 13.2 Å². The Hall–Kier alpha value is -2.55. The highest BCUT2D eigenvalue weighted by Gasteiger charge is 2.21. The monoisotopic (exact) mass is 316 g/mol. The van der Waals surface area contributed by atoms with E-state index < -0.39 is 5.97 Å². The molecule has 0 spiro atoms. The molecule has 23 heavy (non-hydrogen) atoms. The Morgan fingerprint density at radius 3 is 2.70 bits per heavy atom. The van der Waals surface area contributed by atoms with Crippen molar-refractivity contribution in [2.75, 3.05) is 26.3 Å². The number of amides is 1. The van der Waals surface area contributed by atoms with E-state index in [1.54, 1.807) is 29.2 Å². The standard InChI is InChI=1S/C17H20N2O4/c1-13-3-2-8-19(10-13)16(20)11-23-17(21)12-22-15-6-4-14(9-18)5-7-15/h4-7,13H,2-3,8,10-12H2,1H3/t13-/m0/s1. The molecule has 6 heteroatoms. The number of benzene rings is 1. The van der Waals surface area contributed by atoms with Gasteiger partial charge in [-0.15, -0.1) is 0 Å². The maximum atomic E-state index is 12.0. The molecule has 122 valence electrons. The van der Waals surface area contributed by atoms with Crippen molar-refractivity contribution < 1.29 is 19.1 Å². The molecule has 0 unspecified atom stereocenters. The third-order valence-electron chi connectivity index (χ3n) is 3.71. The predicted molar refractivity (Wildman–Crippen MR) is 82.6 cm³/mol. The Balaban J connectivity index is 1.70. The van der Waals surface area contributed by atoms with Crippen molar-refractivity contribution in [3.63, 3.8) is 0 Å². The van der Waals surface area contributed by atoms with E-state index in [1.165, 1.54) is 0 Å². The summed E-state index contributed by atoms with van der Waals surface area (Å²) in [6.45, 7) is 3.04. The normalized spacial score (nSPS) is 17.2. The molecule has 1 aliphatic heterocycles. The van der Waals surface area contributed by atoms with Crippen LogP contribution in [0, 0.1) is 17.2 Å². The Morgan fingerprint density at radius 1 is 1.30 bits per heavy atom. The van der Waals surface area contributed by atoms with Gasteiger partial charge in [0, 0.05) is 13.1 Å². The third kappa shape index (κ3) is 5.29. The number of esters is 1. The van der Waals surface area contributed by atoms with Crippen molar-refractivity contribution in [2.45, 2.75) is 19.8 Å². The van der Waals surface area contributed by atoms with Crippen LogP contribution < -0.4 is 4.74 Å². The van der Waals surface area contributed by atoms with Crippen LogP contribution in [0.25, 0.3) is 0 Å². The van der Waals surface area contributed by atoms with Gasteiger partial charge in [-0.2, -0.15) is 5.26 Å². The van der Waals surface area contributed by atoms with Crippen molar-refractivity contribution in [3.05, 3.63) is 29.8 Å². The van der Waals surface area contributed by atoms with Crippen LogP contribution in [0.4, 0.5) is 0 Å². The van der Waals surface area contributed by atoms with Gasteiger partial charge in [0.25, 0.3) is 5.91 Å². The number of rotatable bonds is 5. The van der Waals surface area contributed by atoms with Gasteiger partial charge in [-0.1, -0.05) is 6.92 Å². The summed E-state index contributed by atoms with van der Waals surface area (Å²) < 4.78 is 10.2. The minimum Gasteiger partial charge on any atom is -0.482 e. The van der Waals surface area contributed by atoms with E-state index in [0.717, 1.165) is 25.9 Å². The van der Waals surface area contributed by atoms with Crippen molar-refractivity contribution in [3.8, 4) is 11.8 Å². The molecule has 1 aliphatic rings. The number of ether oxygens (including phenoxy) is 2. The minimum absolute atomic E-state index is 0.164. The Kier molecular flexibility index (Phi) is 5.98. The molecule has 6 nitrogen and oxygen atoms in total. The molecule has 0 saturated carbocycles. The zero-order valence-corrected chi connectivity index (χ0v) is 13.2. The lowest BCUT2D eigenvalue weighted by Crippen LogP contribution is -2.41. The largest absolute Gasteiger partial charge is 0.482 e. The predicted octanol–water partition coefficient (Wildman–Crippen LogP) is 1.74. The summed E-state index contributed by atoms with van der Waals surface area (Å²) in [5.41, 5.74) is 0.515. The number of nitriles is 1. The van der Waals surface area contributed by atoms with E-state index in [0.29, 0.717) is 17.2 Å². The number of carbonyl (C=O) groups is 2. The molecule has 0 aliphatic carbocycles. The van der Waals surface area contributed by atoms with Crippen LogP contribution in [0.5, 0.6) is 5.75 Å². The van der Waals surface area contributed by atoms with Crippen LogP contribution in [-0.2, 0) is 14.3 Å². The molecule has 0 bridgehead atoms. The maximum Gasteiger partial charge on any atom is 0.344 e. The van der Waals surface area contributed by atoms with E-state index >= 15 is 0 Å². The highest BCUT2D eigenvalue weighted by Crippen LogP contribution is 2.15. The highest BCUT2D eigenvalue weighted by atomic mass is 16.6. The number of nitrogens with zero attached hydrogens (tertiary/aromatic N) is 2. The fourth-order valence-electron chi connectivity index (χ4n) is 2.46. The quantitative estimate of drug-likeness (QED) is 0.773. The van der Waals surface area contributed by atoms with E-state index in [2.05, 4.69) is 6.92 Å². The number of carbonyl (C=O) groups excluding carboxylic acids is 2. The lowest BCUT2D eigenvalue weighted by Gasteiger charge is -2.30. The first kappa shape index (κ1) is 16.8. The molecule has 1 fully saturated rings. The van der Waals surface area contributed by atoms with Crippen molar-refractivity contribution in [2.24, 2.45) is 5.92 Å². The Bertz CT molecular complexity index is 592. The average Bonchev–Trinajstić information content (AvgIpc) is 2.58. The van der Waals surface area contributed by atoms with E-state index in [9.17, 15) is 9.59 Å². The topological polar surface area (TPSA) is 79.6 Å². The van der Waals surface area contributed by atoms with Gasteiger partial charge in [-0.25, -0.2) is 4.79 Å². The molecule has 1 atom stereocenters. The SMILES string of the molecule is C[C@H]1CCCN(C(=O)COC(=O)COc2ccc(C#N)cc2)C1. The fraction of sp³-hybridized carbons (Fsp3) is 0.471. The summed E-state index contributed by atoms with van der Waals surface area (Å²) >= 11 is 0. The zero-order valence-electron chi connectivity index (χ0n) is 13.2. The molecule has 0 N–H and O–H groups in total. The molecule has 1 heterocycles. The molecule has 1 aromatic carbocycles. The van der Waals surface area contributed by atoms with Crippen molar-refractivity contribution in [1.82, 2.24) is 4.90 Å². The summed E-state index contributed by atoms with van der Waals surface area (Å²) in [4.78, 5) is 25.3. The highest BCUT2D eigenvalue weighted by molar-refractivity contribution is 5.81. The number of piperidine rings is 1. The summed E-state index contributed by atoms with van der Waals surface area (Å²) in [6, 6.07) is 8.40. The molecule has 1 saturated heterocycles. The Labute approximate surface area is 135 Å². The van der Waals surface area contributed by atoms with Gasteiger partial charge in [0.05, 0.1) is 11.6 Å². The number of hydrogen-bond donors (Lipinski definition) is 0. The summed E-state index contributed by atoms with van der Waals surface area (Å²) in [5, 5.41) is 8.69. The van der Waals surface area contributed by atoms with Crippen LogP contribution in [0.1, 0.15) is 25.3 Å². The summed E-state index contributed by atoms with van der Waals surface area (Å²) in [6.07, 6.45) is 2.12. The third-order valence-corrected chi connectivity index (χ3v) is 3.71. The molecular formula is C17H20N2O4. The van der Waals surface area contributed by atoms with Crippen molar-refractivity contribution in [1.29, 1.82) is 5.26 Å². The van der Waals surface area contributed by atoms with E-state index in [1.807, 2.05) is 6.07 Å². The lowest BCUT2D eigenvalue weighted by atomic mass is 10.0. The van der Waals surface area contributed by atoms with Gasteiger partial charge in [0.1, 0.15) is 5.75 Å². The lowest BCUT2D eigenvalue weighted by molar-refractivity contribution is -0.154. The first-order chi connectivity index (χ1) is 11.1. The zero-order chi connectivity index (χ0) is 16.7. The summed E-state index contributed by atoms with van der Waals surface area (Å²) in [7, 11) is 0. The van der Waals surface area contributed by atoms with Crippen molar-refractivity contribution >= 4 is 11.9 Å². The van der Waals surface area contributed by atoms with Crippen LogP contribution in [0.2, 0.25) is 0 Å². The molecule has 0 radical (unpaired) electrons. The molecule has 1 amide bonds. The van der Waals surface area contributed by atoms with Crippen LogP contribution >= 0.6 is 0 Å². The average molecular weight is 316 g/mol. The second kappa shape index (κ2) is 8.18. The molecule has 2 rings (SSSR count). The molecule has 0 aromatic heterocycles. The van der Waals surface area contributed by atoms with Gasteiger partial charge < -0.3 is 14.4 Å². The first-order valence-electron chi connectivity index (χ1n) is 7.65. The van der Waals surface area contributed by atoms with E-state index in [4.69, 9.17) is 14.7 Å². The smallest absolute Gasteiger partial charge is 0.344 e. The van der Waals surface area contributed by atoms with Gasteiger partial charge in [0.2, 0.25) is 0 Å². The molecule has 1 aromatic rings. The van der Waals surface area contributed by atoms with Gasteiger partial charge >= 0.3 is 5.97 Å². The van der Waals surface area contributed by atoms with Crippen LogP contribution in [0.15, 0.2) is 24.3 Å². The summed E-state index contributed by atoms with van der Waals surface area (Å²) in [5.74, 6) is 0.205. The van der Waals surface area contributed by atoms with Crippen LogP contribution in [0.3, 0.4) is 0 Å².